The molecule has 0 aliphatic rings. The molecule has 29 heavy (non-hydrogen) atoms. The van der Waals surface area contributed by atoms with E-state index in [0.717, 1.165) is 22.4 Å². The molecule has 5 nitrogen and oxygen atoms in total. The van der Waals surface area contributed by atoms with E-state index in [1.54, 1.807) is 23.6 Å². The van der Waals surface area contributed by atoms with E-state index < -0.39 is 4.92 Å². The standard InChI is InChI=1S/C24H18N2O3/c1-17-16-22(18-8-4-2-5-9-18)23(19-10-6-3-7-11-19)25(24(17)27)20-12-14-21(15-13-20)26(28)29/h2-16H,1H3. The number of non-ortho nitro benzene ring substituents is 1. The molecular weight excluding hydrogens is 364 g/mol. The lowest BCUT2D eigenvalue weighted by molar-refractivity contribution is -0.384. The summed E-state index contributed by atoms with van der Waals surface area (Å²) in [7, 11) is 0. The summed E-state index contributed by atoms with van der Waals surface area (Å²) in [6.07, 6.45) is 0. The van der Waals surface area contributed by atoms with Crippen LogP contribution in [0.25, 0.3) is 28.1 Å². The molecule has 0 aliphatic carbocycles. The highest BCUT2D eigenvalue weighted by Gasteiger charge is 2.18. The molecule has 0 radical (unpaired) electrons. The number of hydrogen-bond donors (Lipinski definition) is 0. The minimum absolute atomic E-state index is 0.0148. The molecule has 0 unspecified atom stereocenters. The maximum atomic E-state index is 13.2. The Hall–Kier alpha value is -3.99. The fourth-order valence-corrected chi connectivity index (χ4v) is 3.43. The Kier molecular flexibility index (Phi) is 4.79. The minimum atomic E-state index is -0.448. The largest absolute Gasteiger partial charge is 0.276 e. The third-order valence-electron chi connectivity index (χ3n) is 4.83. The fraction of sp³-hybridized carbons (Fsp3) is 0.0417. The first-order chi connectivity index (χ1) is 14.1. The third-order valence-corrected chi connectivity index (χ3v) is 4.83. The van der Waals surface area contributed by atoms with Crippen molar-refractivity contribution in [2.24, 2.45) is 0 Å². The van der Waals surface area contributed by atoms with Gasteiger partial charge in [-0.25, -0.2) is 0 Å². The van der Waals surface area contributed by atoms with E-state index in [1.807, 2.05) is 66.7 Å². The van der Waals surface area contributed by atoms with Crippen LogP contribution >= 0.6 is 0 Å². The number of nitrogens with zero attached hydrogens (tertiary/aromatic N) is 2. The lowest BCUT2D eigenvalue weighted by Gasteiger charge is -2.19. The molecule has 5 heteroatoms. The molecule has 1 heterocycles. The van der Waals surface area contributed by atoms with E-state index in [9.17, 15) is 14.9 Å². The quantitative estimate of drug-likeness (QED) is 0.351. The van der Waals surface area contributed by atoms with Crippen molar-refractivity contribution in [3.05, 3.63) is 117 Å². The van der Waals surface area contributed by atoms with E-state index in [1.165, 1.54) is 12.1 Å². The lowest BCUT2D eigenvalue weighted by Crippen LogP contribution is -2.23. The fourth-order valence-electron chi connectivity index (χ4n) is 3.43. The zero-order valence-electron chi connectivity index (χ0n) is 15.8. The molecule has 4 aromatic rings. The topological polar surface area (TPSA) is 65.1 Å². The second kappa shape index (κ2) is 7.56. The van der Waals surface area contributed by atoms with Crippen molar-refractivity contribution in [1.29, 1.82) is 0 Å². The van der Waals surface area contributed by atoms with Gasteiger partial charge in [-0.1, -0.05) is 60.7 Å². The maximum absolute atomic E-state index is 13.2. The van der Waals surface area contributed by atoms with Crippen LogP contribution in [0.15, 0.2) is 95.8 Å². The van der Waals surface area contributed by atoms with Gasteiger partial charge in [0, 0.05) is 28.9 Å². The lowest BCUT2D eigenvalue weighted by atomic mass is 9.97. The normalized spacial score (nSPS) is 10.7. The van der Waals surface area contributed by atoms with E-state index >= 15 is 0 Å². The van der Waals surface area contributed by atoms with Crippen molar-refractivity contribution in [2.45, 2.75) is 6.92 Å². The summed E-state index contributed by atoms with van der Waals surface area (Å²) in [5.74, 6) is 0. The first-order valence-electron chi connectivity index (χ1n) is 9.18. The van der Waals surface area contributed by atoms with Crippen LogP contribution in [0.4, 0.5) is 5.69 Å². The molecule has 0 saturated carbocycles. The van der Waals surface area contributed by atoms with Crippen LogP contribution in [0.5, 0.6) is 0 Å². The number of pyridine rings is 1. The van der Waals surface area contributed by atoms with Crippen LogP contribution in [-0.4, -0.2) is 9.49 Å². The molecule has 1 aromatic heterocycles. The molecule has 0 aliphatic heterocycles. The van der Waals surface area contributed by atoms with Gasteiger partial charge in [-0.05, 0) is 36.2 Å². The molecule has 0 amide bonds. The number of nitro benzene ring substituents is 1. The summed E-state index contributed by atoms with van der Waals surface area (Å²) in [5.41, 5.74) is 4.57. The minimum Gasteiger partial charge on any atom is -0.276 e. The number of aromatic nitrogens is 1. The second-order valence-electron chi connectivity index (χ2n) is 6.74. The van der Waals surface area contributed by atoms with Gasteiger partial charge in [0.05, 0.1) is 10.6 Å². The van der Waals surface area contributed by atoms with Crippen molar-refractivity contribution >= 4 is 5.69 Å². The molecule has 4 rings (SSSR count). The Labute approximate surface area is 167 Å². The van der Waals surface area contributed by atoms with E-state index in [-0.39, 0.29) is 11.2 Å². The number of aryl methyl sites for hydroxylation is 1. The van der Waals surface area contributed by atoms with Crippen molar-refractivity contribution < 1.29 is 4.92 Å². The van der Waals surface area contributed by atoms with Gasteiger partial charge in [-0.3, -0.25) is 19.5 Å². The molecule has 3 aromatic carbocycles. The van der Waals surface area contributed by atoms with Gasteiger partial charge in [-0.15, -0.1) is 0 Å². The van der Waals surface area contributed by atoms with Crippen molar-refractivity contribution in [3.63, 3.8) is 0 Å². The molecule has 0 fully saturated rings. The first-order valence-corrected chi connectivity index (χ1v) is 9.18. The molecule has 142 valence electrons. The Bertz CT molecular complexity index is 1230. The summed E-state index contributed by atoms with van der Waals surface area (Å²) in [5, 5.41) is 11.0. The predicted molar refractivity (Wildman–Crippen MR) is 114 cm³/mol. The summed E-state index contributed by atoms with van der Waals surface area (Å²) in [6, 6.07) is 27.5. The van der Waals surface area contributed by atoms with E-state index in [0.29, 0.717) is 11.3 Å². The number of benzene rings is 3. The molecule has 0 bridgehead atoms. The van der Waals surface area contributed by atoms with Crippen LogP contribution in [0.3, 0.4) is 0 Å². The van der Waals surface area contributed by atoms with Gasteiger partial charge in [0.1, 0.15) is 0 Å². The SMILES string of the molecule is Cc1cc(-c2ccccc2)c(-c2ccccc2)n(-c2ccc([N+](=O)[O-])cc2)c1=O. The Morgan fingerprint density at radius 3 is 1.90 bits per heavy atom. The summed E-state index contributed by atoms with van der Waals surface area (Å²) < 4.78 is 1.64. The number of hydrogen-bond acceptors (Lipinski definition) is 3. The van der Waals surface area contributed by atoms with Crippen LogP contribution < -0.4 is 5.56 Å². The Morgan fingerprint density at radius 2 is 1.34 bits per heavy atom. The summed E-state index contributed by atoms with van der Waals surface area (Å²) in [6.45, 7) is 1.78. The second-order valence-corrected chi connectivity index (χ2v) is 6.74. The van der Waals surface area contributed by atoms with Crippen molar-refractivity contribution in [3.8, 4) is 28.1 Å². The van der Waals surface area contributed by atoms with Gasteiger partial charge >= 0.3 is 0 Å². The highest BCUT2D eigenvalue weighted by atomic mass is 16.6. The van der Waals surface area contributed by atoms with Crippen LogP contribution in [0, 0.1) is 17.0 Å². The monoisotopic (exact) mass is 382 g/mol. The van der Waals surface area contributed by atoms with Crippen LogP contribution in [-0.2, 0) is 0 Å². The van der Waals surface area contributed by atoms with Gasteiger partial charge in [-0.2, -0.15) is 0 Å². The van der Waals surface area contributed by atoms with E-state index in [2.05, 4.69) is 0 Å². The number of rotatable bonds is 4. The zero-order valence-corrected chi connectivity index (χ0v) is 15.8. The van der Waals surface area contributed by atoms with Crippen molar-refractivity contribution in [2.75, 3.05) is 0 Å². The van der Waals surface area contributed by atoms with Gasteiger partial charge in [0.25, 0.3) is 11.2 Å². The Morgan fingerprint density at radius 1 is 0.793 bits per heavy atom. The predicted octanol–water partition coefficient (Wildman–Crippen LogP) is 5.39. The highest BCUT2D eigenvalue weighted by molar-refractivity contribution is 5.82. The third kappa shape index (κ3) is 3.46. The van der Waals surface area contributed by atoms with Gasteiger partial charge in [0.15, 0.2) is 0 Å². The van der Waals surface area contributed by atoms with Crippen LogP contribution in [0.1, 0.15) is 5.56 Å². The average molecular weight is 382 g/mol. The summed E-state index contributed by atoms with van der Waals surface area (Å²) in [4.78, 5) is 23.8. The van der Waals surface area contributed by atoms with Crippen LogP contribution in [0.2, 0.25) is 0 Å². The molecular formula is C24H18N2O3. The molecule has 0 spiro atoms. The van der Waals surface area contributed by atoms with Gasteiger partial charge < -0.3 is 0 Å². The summed E-state index contributed by atoms with van der Waals surface area (Å²) >= 11 is 0. The van der Waals surface area contributed by atoms with Crippen molar-refractivity contribution in [1.82, 2.24) is 4.57 Å². The zero-order chi connectivity index (χ0) is 20.4. The molecule has 0 atom stereocenters. The molecule has 0 N–H and O–H groups in total. The number of nitro groups is 1. The Balaban J connectivity index is 2.08. The van der Waals surface area contributed by atoms with E-state index in [4.69, 9.17) is 0 Å². The average Bonchev–Trinajstić information content (AvgIpc) is 2.76. The molecule has 0 saturated heterocycles. The highest BCUT2D eigenvalue weighted by Crippen LogP contribution is 2.33. The smallest absolute Gasteiger partial charge is 0.269 e. The first kappa shape index (κ1) is 18.4. The maximum Gasteiger partial charge on any atom is 0.269 e. The van der Waals surface area contributed by atoms with Gasteiger partial charge in [0.2, 0.25) is 0 Å².